The first kappa shape index (κ1) is 33.3. The van der Waals surface area contributed by atoms with Gasteiger partial charge in [-0.25, -0.2) is 13.2 Å². The van der Waals surface area contributed by atoms with E-state index in [0.717, 1.165) is 18.2 Å². The lowest BCUT2D eigenvalue weighted by Gasteiger charge is -2.13. The minimum Gasteiger partial charge on any atom is -0.206 e. The first-order valence-electron chi connectivity index (χ1n) is 13.1. The molecule has 0 saturated heterocycles. The summed E-state index contributed by atoms with van der Waals surface area (Å²) < 4.78 is 126. The third-order valence-electron chi connectivity index (χ3n) is 7.60. The summed E-state index contributed by atoms with van der Waals surface area (Å²) in [7, 11) is 0. The molecule has 0 N–H and O–H groups in total. The molecular weight excluding hydrogens is 663 g/mol. The number of halogens is 9. The maximum Gasteiger partial charge on any atom is 0.419 e. The third kappa shape index (κ3) is 5.04. The second-order valence-electron chi connectivity index (χ2n) is 10.1. The third-order valence-corrected chi connectivity index (χ3v) is 7.60. The highest BCUT2D eigenvalue weighted by molar-refractivity contribution is 6.30. The number of hydrogen-bond donors (Lipinski definition) is 0. The number of benzene rings is 3. The Bertz CT molecular complexity index is 2420. The molecule has 5 rings (SSSR count). The molecule has 0 spiro atoms. The molecule has 3 aromatic carbocycles. The summed E-state index contributed by atoms with van der Waals surface area (Å²) in [5, 5.41) is 59.4. The van der Waals surface area contributed by atoms with E-state index in [4.69, 9.17) is 0 Å². The SMILES string of the molecule is N#CC(C#N)=C1C(c2ccc(C(F)(F)F)c(F)c2)=C(C#N)c2c1cc1c(c2F)C(=C(C#N)C#N)C(c2ccc(C(F)(F)F)c(F)c2)=C1C#N. The highest BCUT2D eigenvalue weighted by Crippen LogP contribution is 2.56. The monoisotopic (exact) mass is 670 g/mol. The molecule has 49 heavy (non-hydrogen) atoms. The van der Waals surface area contributed by atoms with Crippen LogP contribution in [0.25, 0.3) is 33.4 Å². The van der Waals surface area contributed by atoms with Crippen molar-refractivity contribution in [1.29, 1.82) is 31.6 Å². The van der Waals surface area contributed by atoms with Crippen LogP contribution in [0.3, 0.4) is 0 Å². The summed E-state index contributed by atoms with van der Waals surface area (Å²) in [6.45, 7) is 0. The molecule has 0 heterocycles. The van der Waals surface area contributed by atoms with E-state index in [1.807, 2.05) is 0 Å². The molecule has 0 aliphatic heterocycles. The zero-order valence-electron chi connectivity index (χ0n) is 23.6. The van der Waals surface area contributed by atoms with Crippen molar-refractivity contribution in [3.05, 3.63) is 116 Å². The summed E-state index contributed by atoms with van der Waals surface area (Å²) in [5.41, 5.74) is -12.1. The topological polar surface area (TPSA) is 143 Å². The van der Waals surface area contributed by atoms with E-state index in [1.54, 1.807) is 12.1 Å². The van der Waals surface area contributed by atoms with Crippen LogP contribution in [0.5, 0.6) is 0 Å². The Morgan fingerprint density at radius 1 is 0.510 bits per heavy atom. The number of fused-ring (bicyclic) bond motifs is 2. The van der Waals surface area contributed by atoms with Gasteiger partial charge in [0.05, 0.1) is 22.3 Å². The van der Waals surface area contributed by atoms with E-state index in [9.17, 15) is 66.7 Å². The van der Waals surface area contributed by atoms with Crippen molar-refractivity contribution in [1.82, 2.24) is 0 Å². The van der Waals surface area contributed by atoms with Crippen LogP contribution in [0.2, 0.25) is 0 Å². The van der Waals surface area contributed by atoms with Gasteiger partial charge in [0, 0.05) is 39.0 Å². The van der Waals surface area contributed by atoms with Gasteiger partial charge in [-0.1, -0.05) is 12.1 Å². The van der Waals surface area contributed by atoms with Crippen molar-refractivity contribution in [3.63, 3.8) is 0 Å². The highest BCUT2D eigenvalue weighted by atomic mass is 19.4. The van der Waals surface area contributed by atoms with Crippen LogP contribution < -0.4 is 0 Å². The minimum absolute atomic E-state index is 0.320. The molecular formula is C34H7F9N6. The minimum atomic E-state index is -5.14. The first-order chi connectivity index (χ1) is 23.1. The van der Waals surface area contributed by atoms with Gasteiger partial charge >= 0.3 is 12.4 Å². The Labute approximate surface area is 268 Å². The lowest BCUT2D eigenvalue weighted by molar-refractivity contribution is -0.140. The second-order valence-corrected chi connectivity index (χ2v) is 10.1. The largest absolute Gasteiger partial charge is 0.419 e. The van der Waals surface area contributed by atoms with Gasteiger partial charge in [-0.15, -0.1) is 0 Å². The fraction of sp³-hybridized carbons (Fsp3) is 0.0588. The predicted molar refractivity (Wildman–Crippen MR) is 150 cm³/mol. The molecule has 0 amide bonds. The van der Waals surface area contributed by atoms with Gasteiger partial charge in [-0.2, -0.15) is 57.9 Å². The van der Waals surface area contributed by atoms with Gasteiger partial charge in [0.15, 0.2) is 0 Å². The highest BCUT2D eigenvalue weighted by Gasteiger charge is 2.42. The Morgan fingerprint density at radius 2 is 0.939 bits per heavy atom. The van der Waals surface area contributed by atoms with Crippen molar-refractivity contribution in [2.45, 2.75) is 12.4 Å². The molecule has 0 bridgehead atoms. The number of allylic oxidation sites excluding steroid dienone is 8. The van der Waals surface area contributed by atoms with Crippen LogP contribution in [0, 0.1) is 85.4 Å². The van der Waals surface area contributed by atoms with Crippen molar-refractivity contribution in [3.8, 4) is 36.4 Å². The number of nitrogens with zero attached hydrogens (tertiary/aromatic N) is 6. The van der Waals surface area contributed by atoms with Crippen LogP contribution in [-0.4, -0.2) is 0 Å². The Kier molecular flexibility index (Phi) is 7.90. The van der Waals surface area contributed by atoms with Crippen molar-refractivity contribution in [2.75, 3.05) is 0 Å². The predicted octanol–water partition coefficient (Wildman–Crippen LogP) is 8.64. The van der Waals surface area contributed by atoms with Crippen LogP contribution >= 0.6 is 0 Å². The van der Waals surface area contributed by atoms with E-state index in [2.05, 4.69) is 0 Å². The summed E-state index contributed by atoms with van der Waals surface area (Å²) >= 11 is 0. The fourth-order valence-corrected chi connectivity index (χ4v) is 5.69. The Morgan fingerprint density at radius 3 is 1.33 bits per heavy atom. The van der Waals surface area contributed by atoms with Crippen LogP contribution in [0.4, 0.5) is 39.5 Å². The van der Waals surface area contributed by atoms with Gasteiger partial charge in [0.2, 0.25) is 0 Å². The maximum absolute atomic E-state index is 16.9. The summed E-state index contributed by atoms with van der Waals surface area (Å²) in [6.07, 6.45) is -10.3. The van der Waals surface area contributed by atoms with E-state index in [1.165, 1.54) is 24.3 Å². The maximum atomic E-state index is 16.9. The number of hydrogen-bond acceptors (Lipinski definition) is 6. The van der Waals surface area contributed by atoms with Gasteiger partial charge in [0.1, 0.15) is 65.0 Å². The van der Waals surface area contributed by atoms with E-state index >= 15 is 4.39 Å². The molecule has 0 fully saturated rings. The van der Waals surface area contributed by atoms with Crippen molar-refractivity contribution in [2.24, 2.45) is 0 Å². The molecule has 0 atom stereocenters. The Balaban J connectivity index is 1.92. The molecule has 0 aromatic heterocycles. The van der Waals surface area contributed by atoms with Gasteiger partial charge in [-0.05, 0) is 47.0 Å². The quantitative estimate of drug-likeness (QED) is 0.197. The normalized spacial score (nSPS) is 13.4. The van der Waals surface area contributed by atoms with Crippen LogP contribution in [0.15, 0.2) is 53.6 Å². The second kappa shape index (κ2) is 11.6. The average Bonchev–Trinajstić information content (AvgIpc) is 3.54. The molecule has 0 saturated carbocycles. The van der Waals surface area contributed by atoms with Crippen molar-refractivity contribution >= 4 is 33.4 Å². The zero-order valence-corrected chi connectivity index (χ0v) is 23.6. The first-order valence-corrected chi connectivity index (χ1v) is 13.1. The van der Waals surface area contributed by atoms with Gasteiger partial charge in [0.25, 0.3) is 0 Å². The van der Waals surface area contributed by atoms with E-state index in [-0.39, 0.29) is 0 Å². The van der Waals surface area contributed by atoms with E-state index < -0.39 is 119 Å². The molecule has 3 aromatic rings. The van der Waals surface area contributed by atoms with Crippen molar-refractivity contribution < 1.29 is 39.5 Å². The van der Waals surface area contributed by atoms with Gasteiger partial charge < -0.3 is 0 Å². The standard InChI is InChI=1S/C34H7F9N6/c35-24-5-14(1-3-22(24)33(38,39)40)26-20(12-48)18-7-19-28(16(8-44)9-45)27(15-2-4-23(25(36)6-15)34(41,42)43)21(13-49)30(19)32(37)31(18)29(26)17(10-46)11-47/h1-7H. The molecule has 15 heteroatoms. The molecule has 6 nitrogen and oxygen atoms in total. The lowest BCUT2D eigenvalue weighted by Crippen LogP contribution is -2.08. The molecule has 0 radical (unpaired) electrons. The number of alkyl halides is 6. The number of nitriles is 6. The lowest BCUT2D eigenvalue weighted by atomic mass is 9.89. The fourth-order valence-electron chi connectivity index (χ4n) is 5.69. The number of rotatable bonds is 2. The summed E-state index contributed by atoms with van der Waals surface area (Å²) in [4.78, 5) is 0. The average molecular weight is 670 g/mol. The summed E-state index contributed by atoms with van der Waals surface area (Å²) in [6, 6.07) is 13.1. The van der Waals surface area contributed by atoms with Gasteiger partial charge in [-0.3, -0.25) is 0 Å². The molecule has 2 aliphatic carbocycles. The van der Waals surface area contributed by atoms with Crippen LogP contribution in [-0.2, 0) is 12.4 Å². The Hall–Kier alpha value is -7.07. The smallest absolute Gasteiger partial charge is 0.206 e. The molecule has 236 valence electrons. The molecule has 0 unspecified atom stereocenters. The van der Waals surface area contributed by atoms with E-state index in [0.29, 0.717) is 24.3 Å². The van der Waals surface area contributed by atoms with Crippen LogP contribution in [0.1, 0.15) is 44.5 Å². The summed E-state index contributed by atoms with van der Waals surface area (Å²) in [5.74, 6) is -5.10. The zero-order chi connectivity index (χ0) is 36.2. The molecule has 2 aliphatic rings.